The van der Waals surface area contributed by atoms with Crippen LogP contribution in [0.15, 0.2) is 36.0 Å². The molecule has 0 radical (unpaired) electrons. The van der Waals surface area contributed by atoms with Crippen LogP contribution in [0.1, 0.15) is 18.2 Å². The molecule has 0 aromatic carbocycles. The largest absolute Gasteiger partial charge is 0.361 e. The van der Waals surface area contributed by atoms with Crippen molar-refractivity contribution in [3.8, 4) is 0 Å². The number of aryl methyl sites for hydroxylation is 1. The number of fused-ring (bicyclic) bond motifs is 1. The van der Waals surface area contributed by atoms with E-state index in [1.54, 1.807) is 11.8 Å². The molecular weight excluding hydrogens is 298 g/mol. The smallest absolute Gasteiger partial charge is 0.140 e. The first-order chi connectivity index (χ1) is 10.1. The van der Waals surface area contributed by atoms with Gasteiger partial charge in [0.25, 0.3) is 0 Å². The lowest BCUT2D eigenvalue weighted by Gasteiger charge is -2.17. The second kappa shape index (κ2) is 6.91. The lowest BCUT2D eigenvalue weighted by atomic mass is 10.1. The zero-order valence-electron chi connectivity index (χ0n) is 12.5. The van der Waals surface area contributed by atoms with E-state index in [9.17, 15) is 0 Å². The van der Waals surface area contributed by atoms with Gasteiger partial charge in [-0.2, -0.15) is 0 Å². The summed E-state index contributed by atoms with van der Waals surface area (Å²) in [6, 6.07) is 2.02. The molecule has 0 bridgehead atoms. The van der Waals surface area contributed by atoms with Gasteiger partial charge in [-0.05, 0) is 26.0 Å². The van der Waals surface area contributed by atoms with Crippen molar-refractivity contribution in [2.75, 3.05) is 13.6 Å². The van der Waals surface area contributed by atoms with E-state index in [-0.39, 0.29) is 0 Å². The Labute approximate surface area is 135 Å². The Kier molecular flexibility index (Phi) is 5.20. The lowest BCUT2D eigenvalue weighted by Crippen LogP contribution is -2.21. The maximum absolute atomic E-state index is 5.43. The third-order valence-corrected chi connectivity index (χ3v) is 4.88. The molecule has 0 fully saturated rings. The predicted octanol–water partition coefficient (Wildman–Crippen LogP) is 4.37. The molecule has 0 spiro atoms. The monoisotopic (exact) mass is 317 g/mol. The number of thioether (sulfide) groups is 1. The molecule has 110 valence electrons. The van der Waals surface area contributed by atoms with Crippen LogP contribution < -0.4 is 0 Å². The number of hydrogen-bond acceptors (Lipinski definition) is 3. The van der Waals surface area contributed by atoms with Crippen molar-refractivity contribution in [2.45, 2.75) is 13.8 Å². The van der Waals surface area contributed by atoms with Gasteiger partial charge in [0, 0.05) is 41.3 Å². The number of aromatic amines is 1. The third kappa shape index (κ3) is 3.54. The summed E-state index contributed by atoms with van der Waals surface area (Å²) in [7, 11) is 2.00. The number of allylic oxidation sites excluding steroid dienone is 1. The topological polar surface area (TPSA) is 31.9 Å². The van der Waals surface area contributed by atoms with E-state index < -0.39 is 0 Å². The Morgan fingerprint density at radius 1 is 1.57 bits per heavy atom. The van der Waals surface area contributed by atoms with Crippen molar-refractivity contribution >= 4 is 45.3 Å². The summed E-state index contributed by atoms with van der Waals surface area (Å²) < 4.78 is 0.850. The minimum absolute atomic E-state index is 0.850. The quantitative estimate of drug-likeness (QED) is 0.670. The number of pyridine rings is 1. The van der Waals surface area contributed by atoms with Crippen molar-refractivity contribution < 1.29 is 0 Å². The molecular formula is C16H19N3S2. The fourth-order valence-electron chi connectivity index (χ4n) is 1.97. The van der Waals surface area contributed by atoms with Crippen molar-refractivity contribution in [1.29, 1.82) is 0 Å². The molecule has 2 rings (SSSR count). The number of nitrogens with one attached hydrogen (secondary N) is 1. The predicted molar refractivity (Wildman–Crippen MR) is 97.5 cm³/mol. The Hall–Kier alpha value is -1.59. The second-order valence-corrected chi connectivity index (χ2v) is 6.43. The highest BCUT2D eigenvalue weighted by Gasteiger charge is 2.09. The molecule has 5 heteroatoms. The van der Waals surface area contributed by atoms with Crippen molar-refractivity contribution in [3.05, 3.63) is 47.3 Å². The normalized spacial score (nSPS) is 11.7. The Balaban J connectivity index is 2.36. The lowest BCUT2D eigenvalue weighted by molar-refractivity contribution is 0.555. The highest BCUT2D eigenvalue weighted by atomic mass is 32.2. The van der Waals surface area contributed by atoms with Crippen LogP contribution in [0.4, 0.5) is 0 Å². The van der Waals surface area contributed by atoms with Gasteiger partial charge in [0.15, 0.2) is 0 Å². The van der Waals surface area contributed by atoms with E-state index >= 15 is 0 Å². The van der Waals surface area contributed by atoms with Crippen LogP contribution in [0.3, 0.4) is 0 Å². The number of hydrogen-bond donors (Lipinski definition) is 1. The number of rotatable bonds is 4. The van der Waals surface area contributed by atoms with Crippen molar-refractivity contribution in [1.82, 2.24) is 14.9 Å². The van der Waals surface area contributed by atoms with Crippen LogP contribution in [0.2, 0.25) is 0 Å². The first kappa shape index (κ1) is 15.8. The van der Waals surface area contributed by atoms with Crippen LogP contribution >= 0.6 is 24.0 Å². The molecule has 0 unspecified atom stereocenters. The summed E-state index contributed by atoms with van der Waals surface area (Å²) in [5.41, 5.74) is 3.33. The van der Waals surface area contributed by atoms with Gasteiger partial charge in [0.05, 0.1) is 11.7 Å². The van der Waals surface area contributed by atoms with Gasteiger partial charge in [-0.3, -0.25) is 4.98 Å². The molecule has 0 amide bonds. The molecule has 0 saturated heterocycles. The fourth-order valence-corrected chi connectivity index (χ4v) is 3.13. The molecule has 3 nitrogen and oxygen atoms in total. The van der Waals surface area contributed by atoms with Crippen LogP contribution in [0.5, 0.6) is 0 Å². The summed E-state index contributed by atoms with van der Waals surface area (Å²) in [4.78, 5) is 10.6. The molecule has 1 N–H and O–H groups in total. The van der Waals surface area contributed by atoms with E-state index in [4.69, 9.17) is 12.2 Å². The maximum Gasteiger partial charge on any atom is 0.140 e. The average Bonchev–Trinajstić information content (AvgIpc) is 2.81. The molecule has 0 aliphatic carbocycles. The first-order valence-corrected chi connectivity index (χ1v) is 7.98. The Morgan fingerprint density at radius 2 is 2.33 bits per heavy atom. The number of aromatic nitrogens is 2. The van der Waals surface area contributed by atoms with Crippen molar-refractivity contribution in [2.24, 2.45) is 0 Å². The zero-order chi connectivity index (χ0) is 15.4. The van der Waals surface area contributed by atoms with Gasteiger partial charge in [0.2, 0.25) is 0 Å². The van der Waals surface area contributed by atoms with Crippen LogP contribution in [-0.2, 0) is 0 Å². The Morgan fingerprint density at radius 3 is 3.00 bits per heavy atom. The average molecular weight is 317 g/mol. The molecule has 2 aromatic heterocycles. The summed E-state index contributed by atoms with van der Waals surface area (Å²) in [5.74, 6) is 0. The van der Waals surface area contributed by atoms with E-state index in [2.05, 4.69) is 36.5 Å². The van der Waals surface area contributed by atoms with Gasteiger partial charge in [-0.15, -0.1) is 0 Å². The van der Waals surface area contributed by atoms with Crippen LogP contribution in [0, 0.1) is 6.92 Å². The SMILES string of the molecule is C=C/C(=C/c1c(C)[nH]c2cnccc12)SC(=S)N(C)CC. The van der Waals surface area contributed by atoms with Gasteiger partial charge in [-0.25, -0.2) is 0 Å². The third-order valence-electron chi connectivity index (χ3n) is 3.32. The van der Waals surface area contributed by atoms with Crippen LogP contribution in [-0.4, -0.2) is 32.8 Å². The second-order valence-electron chi connectivity index (χ2n) is 4.72. The van der Waals surface area contributed by atoms with Crippen molar-refractivity contribution in [3.63, 3.8) is 0 Å². The zero-order valence-corrected chi connectivity index (χ0v) is 14.1. The minimum atomic E-state index is 0.850. The van der Waals surface area contributed by atoms with Gasteiger partial charge in [0.1, 0.15) is 4.32 Å². The first-order valence-electron chi connectivity index (χ1n) is 6.76. The molecule has 0 atom stereocenters. The molecule has 21 heavy (non-hydrogen) atoms. The molecule has 2 heterocycles. The Bertz CT molecular complexity index is 701. The van der Waals surface area contributed by atoms with E-state index in [0.717, 1.165) is 37.9 Å². The minimum Gasteiger partial charge on any atom is -0.361 e. The maximum atomic E-state index is 5.43. The van der Waals surface area contributed by atoms with Gasteiger partial charge in [-0.1, -0.05) is 36.6 Å². The highest BCUT2D eigenvalue weighted by Crippen LogP contribution is 2.28. The fraction of sp³-hybridized carbons (Fsp3) is 0.250. The summed E-state index contributed by atoms with van der Waals surface area (Å²) in [6.45, 7) is 8.94. The molecule has 0 aliphatic rings. The number of nitrogens with zero attached hydrogens (tertiary/aromatic N) is 2. The van der Waals surface area contributed by atoms with E-state index in [1.165, 1.54) is 0 Å². The molecule has 0 aliphatic heterocycles. The number of thiocarbonyl (C=S) groups is 1. The summed E-state index contributed by atoms with van der Waals surface area (Å²) >= 11 is 6.99. The van der Waals surface area contributed by atoms with Gasteiger partial charge < -0.3 is 9.88 Å². The molecule has 2 aromatic rings. The number of H-pyrrole nitrogens is 1. The van der Waals surface area contributed by atoms with E-state index in [0.29, 0.717) is 0 Å². The molecule has 0 saturated carbocycles. The standard InChI is InChI=1S/C16H19N3S2/c1-5-12(21-16(20)19(4)6-2)9-14-11(3)18-15-10-17-8-7-13(14)15/h5,7-10,18H,1,6H2,2-4H3/b12-9-. The van der Waals surface area contributed by atoms with E-state index in [1.807, 2.05) is 36.5 Å². The van der Waals surface area contributed by atoms with Gasteiger partial charge >= 0.3 is 0 Å². The van der Waals surface area contributed by atoms with Crippen LogP contribution in [0.25, 0.3) is 17.0 Å². The highest BCUT2D eigenvalue weighted by molar-refractivity contribution is 8.25. The summed E-state index contributed by atoms with van der Waals surface area (Å²) in [6.07, 6.45) is 7.63. The summed E-state index contributed by atoms with van der Waals surface area (Å²) in [5, 5.41) is 1.16.